The maximum atomic E-state index is 13.5. The lowest BCUT2D eigenvalue weighted by Gasteiger charge is -2.10. The molecule has 0 spiro atoms. The fourth-order valence-corrected chi connectivity index (χ4v) is 4.02. The maximum absolute atomic E-state index is 13.5. The smallest absolute Gasteiger partial charge is 0.133 e. The highest BCUT2D eigenvalue weighted by atomic mass is 35.5. The molecule has 1 aliphatic heterocycles. The van der Waals surface area contributed by atoms with Gasteiger partial charge in [0.05, 0.1) is 16.4 Å². The summed E-state index contributed by atoms with van der Waals surface area (Å²) in [7, 11) is 0. The van der Waals surface area contributed by atoms with Gasteiger partial charge in [-0.1, -0.05) is 34.8 Å². The Hall–Kier alpha value is -1.75. The van der Waals surface area contributed by atoms with E-state index in [1.54, 1.807) is 16.8 Å². The average Bonchev–Trinajstić information content (AvgIpc) is 2.76. The van der Waals surface area contributed by atoms with Gasteiger partial charge in [-0.2, -0.15) is 5.10 Å². The summed E-state index contributed by atoms with van der Waals surface area (Å²) in [5.74, 6) is 0.528. The van der Waals surface area contributed by atoms with E-state index in [9.17, 15) is 4.39 Å². The van der Waals surface area contributed by atoms with Crippen LogP contribution in [-0.2, 0) is 6.42 Å². The van der Waals surface area contributed by atoms with Crippen LogP contribution in [0.15, 0.2) is 36.4 Å². The van der Waals surface area contributed by atoms with Crippen molar-refractivity contribution in [2.24, 2.45) is 0 Å². The Morgan fingerprint density at radius 3 is 2.50 bits per heavy atom. The van der Waals surface area contributed by atoms with E-state index in [-0.39, 0.29) is 5.82 Å². The second-order valence-electron chi connectivity index (χ2n) is 6.22. The highest BCUT2D eigenvalue weighted by Gasteiger charge is 2.23. The number of nitrogens with one attached hydrogen (secondary N) is 1. The molecule has 3 aromatic rings. The predicted molar refractivity (Wildman–Crippen MR) is 105 cm³/mol. The zero-order chi connectivity index (χ0) is 18.3. The lowest BCUT2D eigenvalue weighted by atomic mass is 10.0. The number of benzene rings is 2. The Balaban J connectivity index is 1.94. The lowest BCUT2D eigenvalue weighted by molar-refractivity contribution is 0.628. The van der Waals surface area contributed by atoms with Crippen molar-refractivity contribution in [1.82, 2.24) is 9.78 Å². The molecule has 2 aromatic carbocycles. The molecule has 3 nitrogen and oxygen atoms in total. The molecule has 1 aromatic heterocycles. The number of hydrogen-bond donors (Lipinski definition) is 1. The zero-order valence-electron chi connectivity index (χ0n) is 13.7. The van der Waals surface area contributed by atoms with Crippen molar-refractivity contribution in [1.29, 1.82) is 0 Å². The molecule has 1 N–H and O–H groups in total. The van der Waals surface area contributed by atoms with Crippen molar-refractivity contribution in [3.05, 3.63) is 62.8 Å². The van der Waals surface area contributed by atoms with Crippen molar-refractivity contribution in [2.45, 2.75) is 19.3 Å². The van der Waals surface area contributed by atoms with Crippen molar-refractivity contribution in [3.63, 3.8) is 0 Å². The van der Waals surface area contributed by atoms with E-state index >= 15 is 0 Å². The van der Waals surface area contributed by atoms with Crippen molar-refractivity contribution >= 4 is 40.6 Å². The minimum absolute atomic E-state index is 0.339. The molecule has 0 aliphatic carbocycles. The van der Waals surface area contributed by atoms with Crippen molar-refractivity contribution in [2.75, 3.05) is 11.9 Å². The van der Waals surface area contributed by atoms with Crippen molar-refractivity contribution in [3.8, 4) is 16.9 Å². The highest BCUT2D eigenvalue weighted by molar-refractivity contribution is 6.35. The molecule has 0 saturated heterocycles. The van der Waals surface area contributed by atoms with E-state index in [1.165, 1.54) is 12.1 Å². The van der Waals surface area contributed by atoms with E-state index < -0.39 is 0 Å². The first-order valence-corrected chi connectivity index (χ1v) is 9.44. The van der Waals surface area contributed by atoms with Crippen LogP contribution in [-0.4, -0.2) is 16.3 Å². The molecule has 26 heavy (non-hydrogen) atoms. The molecular formula is C19H15Cl3FN3. The molecule has 0 bridgehead atoms. The Kier molecular flexibility index (Phi) is 4.82. The van der Waals surface area contributed by atoms with Gasteiger partial charge in [0.15, 0.2) is 0 Å². The van der Waals surface area contributed by atoms with E-state index in [2.05, 4.69) is 5.32 Å². The number of nitrogens with zero attached hydrogens (tertiary/aromatic N) is 2. The number of hydrogen-bond acceptors (Lipinski definition) is 2. The number of fused-ring (bicyclic) bond motifs is 1. The molecule has 0 amide bonds. The summed E-state index contributed by atoms with van der Waals surface area (Å²) in [4.78, 5) is 0. The first-order valence-electron chi connectivity index (χ1n) is 8.30. The van der Waals surface area contributed by atoms with Gasteiger partial charge in [-0.3, -0.25) is 0 Å². The molecule has 1 aliphatic rings. The topological polar surface area (TPSA) is 29.9 Å². The Morgan fingerprint density at radius 1 is 1.00 bits per heavy atom. The van der Waals surface area contributed by atoms with E-state index in [4.69, 9.17) is 39.9 Å². The molecule has 134 valence electrons. The van der Waals surface area contributed by atoms with Gasteiger partial charge in [0.2, 0.25) is 0 Å². The van der Waals surface area contributed by atoms with Gasteiger partial charge in [-0.15, -0.1) is 0 Å². The van der Waals surface area contributed by atoms with Gasteiger partial charge in [0.1, 0.15) is 11.6 Å². The summed E-state index contributed by atoms with van der Waals surface area (Å²) in [6.45, 7) is 0.851. The molecule has 4 rings (SSSR count). The number of anilines is 1. The molecule has 7 heteroatoms. The minimum atomic E-state index is -0.371. The fourth-order valence-electron chi connectivity index (χ4n) is 3.25. The number of halogens is 4. The Morgan fingerprint density at radius 2 is 1.77 bits per heavy atom. The zero-order valence-corrected chi connectivity index (χ0v) is 16.0. The van der Waals surface area contributed by atoms with Crippen LogP contribution in [0.25, 0.3) is 16.9 Å². The predicted octanol–water partition coefficient (Wildman–Crippen LogP) is 6.39. The normalized spacial score (nSPS) is 13.8. The fraction of sp³-hybridized carbons (Fsp3) is 0.211. The number of aromatic nitrogens is 2. The Bertz CT molecular complexity index is 964. The van der Waals surface area contributed by atoms with Crippen LogP contribution in [0, 0.1) is 5.82 Å². The quantitative estimate of drug-likeness (QED) is 0.530. The SMILES string of the molecule is Fc1ccc(-c2nn(-c3cc(Cl)cc(Cl)c3)c3c2CCCCN3)c(Cl)c1. The standard InChI is InChI=1S/C19H15Cl3FN3/c20-11-7-12(21)9-14(8-11)26-19-16(3-1-2-6-24-19)18(25-26)15-5-4-13(23)10-17(15)22/h4-5,7-10,24H,1-3,6H2. The van der Waals surface area contributed by atoms with Gasteiger partial charge in [0.25, 0.3) is 0 Å². The number of rotatable bonds is 2. The van der Waals surface area contributed by atoms with E-state index in [1.807, 2.05) is 12.1 Å². The molecule has 0 radical (unpaired) electrons. The molecule has 0 fully saturated rings. The minimum Gasteiger partial charge on any atom is -0.370 e. The van der Waals surface area contributed by atoms with E-state index in [0.717, 1.165) is 48.6 Å². The van der Waals surface area contributed by atoms with Crippen LogP contribution in [0.3, 0.4) is 0 Å². The second kappa shape index (κ2) is 7.10. The molecule has 0 unspecified atom stereocenters. The van der Waals surface area contributed by atoms with Crippen molar-refractivity contribution < 1.29 is 4.39 Å². The summed E-state index contributed by atoms with van der Waals surface area (Å²) >= 11 is 18.6. The van der Waals surface area contributed by atoms with Crippen LogP contribution in [0.1, 0.15) is 18.4 Å². The van der Waals surface area contributed by atoms with Gasteiger partial charge in [0, 0.05) is 27.7 Å². The first-order chi connectivity index (χ1) is 12.5. The second-order valence-corrected chi connectivity index (χ2v) is 7.50. The monoisotopic (exact) mass is 409 g/mol. The summed E-state index contributed by atoms with van der Waals surface area (Å²) in [6, 6.07) is 9.67. The summed E-state index contributed by atoms with van der Waals surface area (Å²) in [5.41, 5.74) is 3.28. The molecule has 0 saturated carbocycles. The summed E-state index contributed by atoms with van der Waals surface area (Å²) in [5, 5.41) is 9.63. The molecular weight excluding hydrogens is 396 g/mol. The highest BCUT2D eigenvalue weighted by Crippen LogP contribution is 2.37. The Labute approximate surface area is 165 Å². The average molecular weight is 411 g/mol. The molecule has 0 atom stereocenters. The van der Waals surface area contributed by atoms with Crippen LogP contribution >= 0.6 is 34.8 Å². The van der Waals surface area contributed by atoms with Crippen LogP contribution in [0.4, 0.5) is 10.2 Å². The summed E-state index contributed by atoms with van der Waals surface area (Å²) < 4.78 is 15.3. The molecule has 2 heterocycles. The summed E-state index contributed by atoms with van der Waals surface area (Å²) in [6.07, 6.45) is 2.95. The third-order valence-electron chi connectivity index (χ3n) is 4.41. The van der Waals surface area contributed by atoms with Gasteiger partial charge >= 0.3 is 0 Å². The van der Waals surface area contributed by atoms with Crippen LogP contribution < -0.4 is 5.32 Å². The third-order valence-corrected chi connectivity index (χ3v) is 5.16. The largest absolute Gasteiger partial charge is 0.370 e. The van der Waals surface area contributed by atoms with E-state index in [0.29, 0.717) is 20.6 Å². The third kappa shape index (κ3) is 3.29. The van der Waals surface area contributed by atoms with Gasteiger partial charge in [-0.25, -0.2) is 9.07 Å². The first kappa shape index (κ1) is 17.7. The maximum Gasteiger partial charge on any atom is 0.133 e. The lowest BCUT2D eigenvalue weighted by Crippen LogP contribution is -2.07. The van der Waals surface area contributed by atoms with Crippen LogP contribution in [0.2, 0.25) is 15.1 Å². The van der Waals surface area contributed by atoms with Crippen LogP contribution in [0.5, 0.6) is 0 Å². The van der Waals surface area contributed by atoms with Gasteiger partial charge in [-0.05, 0) is 55.7 Å². The van der Waals surface area contributed by atoms with Gasteiger partial charge < -0.3 is 5.32 Å².